The van der Waals surface area contributed by atoms with Gasteiger partial charge in [-0.1, -0.05) is 6.42 Å². The number of carboxylic acid groups (broad SMARTS) is 1. The Morgan fingerprint density at radius 3 is 2.48 bits per heavy atom. The number of aliphatic hydroxyl groups excluding tert-OH is 1. The molecule has 0 aromatic carbocycles. The maximum Gasteiger partial charge on any atom is 0.323 e. The fourth-order valence-corrected chi connectivity index (χ4v) is 2.69. The van der Waals surface area contributed by atoms with Crippen LogP contribution in [0.15, 0.2) is 10.9 Å². The van der Waals surface area contributed by atoms with E-state index in [-0.39, 0.29) is 11.4 Å². The number of hydrogen-bond acceptors (Lipinski definition) is 5. The van der Waals surface area contributed by atoms with E-state index in [1.807, 2.05) is 0 Å². The molecule has 0 amide bonds. The summed E-state index contributed by atoms with van der Waals surface area (Å²) in [6.45, 7) is 1.17. The average molecular weight is 296 g/mol. The zero-order valence-corrected chi connectivity index (χ0v) is 11.8. The minimum Gasteiger partial charge on any atom is -0.503 e. The number of pyridine rings is 1. The number of nitrogens with zero attached hydrogens (tertiary/aromatic N) is 2. The van der Waals surface area contributed by atoms with E-state index in [0.29, 0.717) is 6.54 Å². The van der Waals surface area contributed by atoms with Crippen LogP contribution in [0.4, 0.5) is 0 Å². The molecule has 2 rings (SSSR count). The van der Waals surface area contributed by atoms with Gasteiger partial charge in [0, 0.05) is 18.3 Å². The van der Waals surface area contributed by atoms with Crippen molar-refractivity contribution in [2.45, 2.75) is 39.0 Å². The molecule has 2 heterocycles. The van der Waals surface area contributed by atoms with Crippen LogP contribution in [0.25, 0.3) is 0 Å². The van der Waals surface area contributed by atoms with Crippen molar-refractivity contribution < 1.29 is 20.1 Å². The number of piperidine rings is 1. The summed E-state index contributed by atoms with van der Waals surface area (Å²) >= 11 is 0. The molecule has 0 unspecified atom stereocenters. The average Bonchev–Trinajstić information content (AvgIpc) is 2.47. The van der Waals surface area contributed by atoms with Gasteiger partial charge in [0.2, 0.25) is 5.43 Å². The number of carboxylic acids is 1. The third-order valence-corrected chi connectivity index (χ3v) is 3.75. The summed E-state index contributed by atoms with van der Waals surface area (Å²) in [5.41, 5.74) is -0.129. The Morgan fingerprint density at radius 2 is 1.90 bits per heavy atom. The van der Waals surface area contributed by atoms with Crippen LogP contribution < -0.4 is 5.43 Å². The van der Waals surface area contributed by atoms with Gasteiger partial charge in [0.05, 0.1) is 12.3 Å². The van der Waals surface area contributed by atoms with Crippen LogP contribution in [0.1, 0.15) is 30.7 Å². The highest BCUT2D eigenvalue weighted by molar-refractivity contribution is 5.67. The van der Waals surface area contributed by atoms with Gasteiger partial charge in [-0.25, -0.2) is 0 Å². The first-order chi connectivity index (χ1) is 10.0. The molecule has 1 aliphatic heterocycles. The molecule has 1 saturated heterocycles. The highest BCUT2D eigenvalue weighted by Gasteiger charge is 2.20. The minimum atomic E-state index is -1.09. The maximum atomic E-state index is 11.8. The number of aliphatic carboxylic acids is 1. The molecule has 1 fully saturated rings. The van der Waals surface area contributed by atoms with Gasteiger partial charge in [0.25, 0.3) is 0 Å². The van der Waals surface area contributed by atoms with E-state index >= 15 is 0 Å². The Labute approximate surface area is 122 Å². The monoisotopic (exact) mass is 296 g/mol. The molecule has 0 saturated carbocycles. The first-order valence-electron chi connectivity index (χ1n) is 7.02. The van der Waals surface area contributed by atoms with Crippen molar-refractivity contribution in [2.24, 2.45) is 0 Å². The Hall–Kier alpha value is -1.86. The molecule has 0 aliphatic carbocycles. The Balaban J connectivity index is 2.41. The predicted octanol–water partition coefficient (Wildman–Crippen LogP) is 0.117. The Bertz CT molecular complexity index is 575. The molecule has 7 heteroatoms. The van der Waals surface area contributed by atoms with Crippen LogP contribution in [0.3, 0.4) is 0 Å². The summed E-state index contributed by atoms with van der Waals surface area (Å²) in [6.07, 6.45) is 3.24. The first-order valence-corrected chi connectivity index (χ1v) is 7.02. The van der Waals surface area contributed by atoms with E-state index in [1.54, 1.807) is 0 Å². The fraction of sp³-hybridized carbons (Fsp3) is 0.571. The summed E-state index contributed by atoms with van der Waals surface area (Å²) < 4.78 is 1.31. The van der Waals surface area contributed by atoms with Crippen molar-refractivity contribution in [1.82, 2.24) is 9.47 Å². The quantitative estimate of drug-likeness (QED) is 0.713. The Morgan fingerprint density at radius 1 is 1.24 bits per heavy atom. The molecule has 1 aromatic heterocycles. The van der Waals surface area contributed by atoms with Crippen LogP contribution >= 0.6 is 0 Å². The number of carbonyl (C=O) groups is 1. The van der Waals surface area contributed by atoms with Crippen molar-refractivity contribution in [3.05, 3.63) is 27.7 Å². The lowest BCUT2D eigenvalue weighted by molar-refractivity contribution is -0.137. The van der Waals surface area contributed by atoms with E-state index in [0.717, 1.165) is 38.4 Å². The minimum absolute atomic E-state index is 0.201. The van der Waals surface area contributed by atoms with Crippen molar-refractivity contribution in [3.63, 3.8) is 0 Å². The van der Waals surface area contributed by atoms with Crippen LogP contribution in [0.5, 0.6) is 5.75 Å². The summed E-state index contributed by atoms with van der Waals surface area (Å²) in [6, 6.07) is 1.08. The molecular weight excluding hydrogens is 276 g/mol. The normalized spacial score (nSPS) is 16.0. The van der Waals surface area contributed by atoms with Gasteiger partial charge in [-0.05, 0) is 25.9 Å². The summed E-state index contributed by atoms with van der Waals surface area (Å²) in [5, 5.41) is 28.3. The molecule has 0 atom stereocenters. The number of rotatable bonds is 5. The maximum absolute atomic E-state index is 11.8. The van der Waals surface area contributed by atoms with Crippen LogP contribution in [-0.2, 0) is 24.5 Å². The largest absolute Gasteiger partial charge is 0.503 e. The SMILES string of the molecule is O=C(O)Cn1c(CO)cc(=O)c(O)c1CN1CCCCC1. The van der Waals surface area contributed by atoms with Crippen molar-refractivity contribution in [2.75, 3.05) is 13.1 Å². The number of aliphatic hydroxyl groups is 1. The lowest BCUT2D eigenvalue weighted by Crippen LogP contribution is -2.32. The molecule has 21 heavy (non-hydrogen) atoms. The first kappa shape index (κ1) is 15.5. The van der Waals surface area contributed by atoms with Crippen molar-refractivity contribution in [3.8, 4) is 5.75 Å². The molecule has 3 N–H and O–H groups in total. The molecule has 0 spiro atoms. The van der Waals surface area contributed by atoms with Crippen LogP contribution in [0.2, 0.25) is 0 Å². The lowest BCUT2D eigenvalue weighted by atomic mass is 10.1. The molecule has 1 aromatic rings. The van der Waals surface area contributed by atoms with Crippen molar-refractivity contribution in [1.29, 1.82) is 0 Å². The van der Waals surface area contributed by atoms with E-state index in [1.165, 1.54) is 4.57 Å². The second-order valence-corrected chi connectivity index (χ2v) is 5.27. The number of likely N-dealkylation sites (tertiary alicyclic amines) is 1. The van der Waals surface area contributed by atoms with E-state index in [4.69, 9.17) is 5.11 Å². The molecule has 1 aliphatic rings. The number of aromatic hydroxyl groups is 1. The third kappa shape index (κ3) is 3.62. The standard InChI is InChI=1S/C14H20N2O5/c17-9-10-6-12(18)14(21)11(16(10)8-13(19)20)7-15-4-2-1-3-5-15/h6,17,21H,1-5,7-9H2,(H,19,20). The predicted molar refractivity (Wildman–Crippen MR) is 75.1 cm³/mol. The van der Waals surface area contributed by atoms with E-state index < -0.39 is 30.3 Å². The van der Waals surface area contributed by atoms with Gasteiger partial charge in [-0.2, -0.15) is 0 Å². The molecule has 0 bridgehead atoms. The fourth-order valence-electron chi connectivity index (χ4n) is 2.69. The van der Waals surface area contributed by atoms with E-state index in [2.05, 4.69) is 4.90 Å². The number of aromatic nitrogens is 1. The number of hydrogen-bond donors (Lipinski definition) is 3. The van der Waals surface area contributed by atoms with Gasteiger partial charge in [0.15, 0.2) is 5.75 Å². The topological polar surface area (TPSA) is 103 Å². The summed E-state index contributed by atoms with van der Waals surface area (Å²) in [4.78, 5) is 24.8. The smallest absolute Gasteiger partial charge is 0.323 e. The highest BCUT2D eigenvalue weighted by Crippen LogP contribution is 2.20. The molecular formula is C14H20N2O5. The Kier molecular flexibility index (Phi) is 4.98. The third-order valence-electron chi connectivity index (χ3n) is 3.75. The molecule has 7 nitrogen and oxygen atoms in total. The second kappa shape index (κ2) is 6.73. The van der Waals surface area contributed by atoms with Crippen LogP contribution in [0, 0.1) is 0 Å². The highest BCUT2D eigenvalue weighted by atomic mass is 16.4. The molecule has 116 valence electrons. The summed E-state index contributed by atoms with van der Waals surface area (Å²) in [5.74, 6) is -1.52. The van der Waals surface area contributed by atoms with Crippen LogP contribution in [-0.4, -0.2) is 43.8 Å². The van der Waals surface area contributed by atoms with Gasteiger partial charge in [-0.15, -0.1) is 0 Å². The summed E-state index contributed by atoms with van der Waals surface area (Å²) in [7, 11) is 0. The lowest BCUT2D eigenvalue weighted by Gasteiger charge is -2.28. The molecule has 0 radical (unpaired) electrons. The van der Waals surface area contributed by atoms with Gasteiger partial charge in [-0.3, -0.25) is 14.5 Å². The zero-order chi connectivity index (χ0) is 15.4. The van der Waals surface area contributed by atoms with Gasteiger partial charge < -0.3 is 19.9 Å². The van der Waals surface area contributed by atoms with E-state index in [9.17, 15) is 19.8 Å². The van der Waals surface area contributed by atoms with Gasteiger partial charge in [0.1, 0.15) is 6.54 Å². The van der Waals surface area contributed by atoms with Crippen molar-refractivity contribution >= 4 is 5.97 Å². The van der Waals surface area contributed by atoms with Gasteiger partial charge >= 0.3 is 5.97 Å². The zero-order valence-electron chi connectivity index (χ0n) is 11.8. The second-order valence-electron chi connectivity index (χ2n) is 5.27.